The highest BCUT2D eigenvalue weighted by Crippen LogP contribution is 2.38. The van der Waals surface area contributed by atoms with Gasteiger partial charge in [-0.05, 0) is 24.3 Å². The highest BCUT2D eigenvalue weighted by Gasteiger charge is 2.17. The molecule has 0 heterocycles. The maximum atomic E-state index is 12.2. The Balaban J connectivity index is 2.21. The minimum Gasteiger partial charge on any atom is -0.504 e. The van der Waals surface area contributed by atoms with Crippen molar-refractivity contribution >= 4 is 12.1 Å². The van der Waals surface area contributed by atoms with Gasteiger partial charge in [-0.2, -0.15) is 5.10 Å². The van der Waals surface area contributed by atoms with Crippen molar-refractivity contribution in [3.8, 4) is 34.5 Å². The molecule has 0 saturated heterocycles. The van der Waals surface area contributed by atoms with Crippen LogP contribution in [0.5, 0.6) is 34.5 Å². The number of benzene rings is 2. The molecule has 0 aliphatic heterocycles. The Kier molecular flexibility index (Phi) is 5.74. The predicted octanol–water partition coefficient (Wildman–Crippen LogP) is 1.59. The molecule has 0 aromatic heterocycles. The average Bonchev–Trinajstić information content (AvgIpc) is 2.66. The summed E-state index contributed by atoms with van der Waals surface area (Å²) in [4.78, 5) is 12.2. The topological polar surface area (TPSA) is 130 Å². The van der Waals surface area contributed by atoms with Crippen LogP contribution in [0.1, 0.15) is 15.9 Å². The Morgan fingerprint density at radius 1 is 1.00 bits per heavy atom. The van der Waals surface area contributed by atoms with E-state index in [0.29, 0.717) is 17.2 Å². The first-order chi connectivity index (χ1) is 12.4. The second-order valence-corrected chi connectivity index (χ2v) is 4.98. The van der Waals surface area contributed by atoms with Gasteiger partial charge in [-0.1, -0.05) is 0 Å². The van der Waals surface area contributed by atoms with E-state index in [-0.39, 0.29) is 11.1 Å². The first-order valence-corrected chi connectivity index (χ1v) is 7.30. The number of rotatable bonds is 6. The van der Waals surface area contributed by atoms with E-state index in [1.165, 1.54) is 45.6 Å². The number of methoxy groups -OCH3 is 3. The van der Waals surface area contributed by atoms with Gasteiger partial charge in [0.2, 0.25) is 11.5 Å². The Morgan fingerprint density at radius 2 is 1.62 bits per heavy atom. The third kappa shape index (κ3) is 3.72. The zero-order chi connectivity index (χ0) is 19.3. The zero-order valence-electron chi connectivity index (χ0n) is 14.3. The summed E-state index contributed by atoms with van der Waals surface area (Å²) < 4.78 is 15.5. The van der Waals surface area contributed by atoms with E-state index in [2.05, 4.69) is 10.5 Å². The number of amides is 1. The molecule has 9 heteroatoms. The summed E-state index contributed by atoms with van der Waals surface area (Å²) >= 11 is 0. The van der Waals surface area contributed by atoms with Gasteiger partial charge in [0, 0.05) is 11.1 Å². The van der Waals surface area contributed by atoms with Crippen LogP contribution in [0, 0.1) is 0 Å². The van der Waals surface area contributed by atoms with Crippen LogP contribution in [-0.2, 0) is 0 Å². The summed E-state index contributed by atoms with van der Waals surface area (Å²) in [5.74, 6) is -1.31. The summed E-state index contributed by atoms with van der Waals surface area (Å²) in [6.07, 6.45) is 1.12. The van der Waals surface area contributed by atoms with Crippen LogP contribution in [0.3, 0.4) is 0 Å². The van der Waals surface area contributed by atoms with Gasteiger partial charge in [-0.3, -0.25) is 4.79 Å². The third-order valence-electron chi connectivity index (χ3n) is 3.46. The van der Waals surface area contributed by atoms with Crippen molar-refractivity contribution in [3.05, 3.63) is 35.4 Å². The first kappa shape index (κ1) is 18.7. The van der Waals surface area contributed by atoms with Crippen molar-refractivity contribution in [2.75, 3.05) is 21.3 Å². The minimum absolute atomic E-state index is 0.102. The van der Waals surface area contributed by atoms with E-state index in [4.69, 9.17) is 14.2 Å². The minimum atomic E-state index is -0.676. The van der Waals surface area contributed by atoms with Crippen molar-refractivity contribution in [1.82, 2.24) is 5.43 Å². The van der Waals surface area contributed by atoms with E-state index < -0.39 is 23.2 Å². The molecule has 0 fully saturated rings. The number of phenols is 3. The Bertz CT molecular complexity index is 824. The van der Waals surface area contributed by atoms with Crippen molar-refractivity contribution in [3.63, 3.8) is 0 Å². The number of carbonyl (C=O) groups excluding carboxylic acids is 1. The number of aromatic hydroxyl groups is 3. The first-order valence-electron chi connectivity index (χ1n) is 7.30. The van der Waals surface area contributed by atoms with Gasteiger partial charge in [0.1, 0.15) is 0 Å². The molecular formula is C17H18N2O7. The Labute approximate surface area is 149 Å². The van der Waals surface area contributed by atoms with Crippen LogP contribution in [0.4, 0.5) is 0 Å². The lowest BCUT2D eigenvalue weighted by atomic mass is 10.1. The lowest BCUT2D eigenvalue weighted by Gasteiger charge is -2.13. The molecule has 0 aliphatic carbocycles. The van der Waals surface area contributed by atoms with E-state index >= 15 is 0 Å². The fourth-order valence-electron chi connectivity index (χ4n) is 2.13. The number of nitrogens with zero attached hydrogens (tertiary/aromatic N) is 1. The predicted molar refractivity (Wildman–Crippen MR) is 92.6 cm³/mol. The molecule has 2 rings (SSSR count). The zero-order valence-corrected chi connectivity index (χ0v) is 14.3. The molecule has 0 aliphatic rings. The van der Waals surface area contributed by atoms with Crippen LogP contribution in [0.25, 0.3) is 0 Å². The number of nitrogens with one attached hydrogen (secondary N) is 1. The molecule has 0 unspecified atom stereocenters. The summed E-state index contributed by atoms with van der Waals surface area (Å²) in [7, 11) is 4.30. The van der Waals surface area contributed by atoms with Gasteiger partial charge >= 0.3 is 0 Å². The standard InChI is InChI=1S/C17H18N2O7/c1-24-12-6-10(7-13(25-2)16(12)26-3)17(23)19-18-8-9-4-5-11(20)15(22)14(9)21/h4-8,20-22H,1-3H3,(H,19,23)/b18-8-. The van der Waals surface area contributed by atoms with Gasteiger partial charge in [0.15, 0.2) is 23.0 Å². The number of hydrogen-bond donors (Lipinski definition) is 4. The second kappa shape index (κ2) is 7.97. The van der Waals surface area contributed by atoms with Gasteiger partial charge in [-0.25, -0.2) is 5.43 Å². The van der Waals surface area contributed by atoms with Crippen molar-refractivity contribution < 1.29 is 34.3 Å². The van der Waals surface area contributed by atoms with E-state index in [9.17, 15) is 20.1 Å². The van der Waals surface area contributed by atoms with Crippen LogP contribution in [0.15, 0.2) is 29.4 Å². The average molecular weight is 362 g/mol. The lowest BCUT2D eigenvalue weighted by Crippen LogP contribution is -2.18. The molecule has 2 aromatic rings. The molecule has 0 spiro atoms. The van der Waals surface area contributed by atoms with Gasteiger partial charge in [0.05, 0.1) is 27.5 Å². The van der Waals surface area contributed by atoms with Gasteiger partial charge < -0.3 is 29.5 Å². The number of ether oxygens (including phenoxy) is 3. The molecule has 0 radical (unpaired) electrons. The number of phenolic OH excluding ortho intramolecular Hbond substituents is 3. The van der Waals surface area contributed by atoms with Crippen LogP contribution >= 0.6 is 0 Å². The van der Waals surface area contributed by atoms with Crippen LogP contribution in [-0.4, -0.2) is 48.8 Å². The molecule has 4 N–H and O–H groups in total. The highest BCUT2D eigenvalue weighted by atomic mass is 16.5. The molecule has 0 bridgehead atoms. The van der Waals surface area contributed by atoms with E-state index in [1.54, 1.807) is 0 Å². The molecule has 138 valence electrons. The molecule has 0 saturated carbocycles. The van der Waals surface area contributed by atoms with Crippen molar-refractivity contribution in [1.29, 1.82) is 0 Å². The largest absolute Gasteiger partial charge is 0.504 e. The summed E-state index contributed by atoms with van der Waals surface area (Å²) in [6.45, 7) is 0. The summed E-state index contributed by atoms with van der Waals surface area (Å²) in [5, 5.41) is 32.1. The SMILES string of the molecule is COc1cc(C(=O)N/N=C\c2ccc(O)c(O)c2O)cc(OC)c1OC. The maximum absolute atomic E-state index is 12.2. The van der Waals surface area contributed by atoms with Gasteiger partial charge in [-0.15, -0.1) is 0 Å². The molecule has 0 atom stereocenters. The Hall–Kier alpha value is -3.62. The van der Waals surface area contributed by atoms with Gasteiger partial charge in [0.25, 0.3) is 5.91 Å². The smallest absolute Gasteiger partial charge is 0.271 e. The Morgan fingerprint density at radius 3 is 2.15 bits per heavy atom. The van der Waals surface area contributed by atoms with Crippen LogP contribution < -0.4 is 19.6 Å². The monoisotopic (exact) mass is 362 g/mol. The lowest BCUT2D eigenvalue weighted by molar-refractivity contribution is 0.0954. The van der Waals surface area contributed by atoms with Crippen molar-refractivity contribution in [2.24, 2.45) is 5.10 Å². The molecule has 1 amide bonds. The fraction of sp³-hybridized carbons (Fsp3) is 0.176. The molecule has 2 aromatic carbocycles. The quantitative estimate of drug-likeness (QED) is 0.349. The van der Waals surface area contributed by atoms with Crippen molar-refractivity contribution in [2.45, 2.75) is 0 Å². The number of hydrogen-bond acceptors (Lipinski definition) is 8. The fourth-order valence-corrected chi connectivity index (χ4v) is 2.13. The number of hydrazone groups is 1. The highest BCUT2D eigenvalue weighted by molar-refractivity contribution is 5.96. The molecule has 9 nitrogen and oxygen atoms in total. The molecule has 26 heavy (non-hydrogen) atoms. The van der Waals surface area contributed by atoms with E-state index in [1.807, 2.05) is 0 Å². The third-order valence-corrected chi connectivity index (χ3v) is 3.46. The second-order valence-electron chi connectivity index (χ2n) is 4.98. The van der Waals surface area contributed by atoms with Crippen LogP contribution in [0.2, 0.25) is 0 Å². The van der Waals surface area contributed by atoms with E-state index in [0.717, 1.165) is 6.21 Å². The summed E-state index contributed by atoms with van der Waals surface area (Å²) in [6, 6.07) is 5.41. The molecular weight excluding hydrogens is 344 g/mol. The number of carbonyl (C=O) groups is 1. The summed E-state index contributed by atoms with van der Waals surface area (Å²) in [5.41, 5.74) is 2.58. The normalized spacial score (nSPS) is 10.6. The maximum Gasteiger partial charge on any atom is 0.271 e.